The second kappa shape index (κ2) is 11.2. The van der Waals surface area contributed by atoms with Crippen LogP contribution in [0.5, 0.6) is 0 Å². The number of hydrogen-bond acceptors (Lipinski definition) is 4. The average Bonchev–Trinajstić information content (AvgIpc) is 2.83. The van der Waals surface area contributed by atoms with Crippen LogP contribution in [0.2, 0.25) is 0 Å². The molecule has 0 heterocycles. The Kier molecular flexibility index (Phi) is 8.30. The molecule has 0 aliphatic rings. The molecule has 2 N–H and O–H groups in total. The predicted molar refractivity (Wildman–Crippen MR) is 139 cm³/mol. The Hall–Kier alpha value is -3.65. The van der Waals surface area contributed by atoms with Gasteiger partial charge in [-0.2, -0.15) is 0 Å². The molecule has 3 rings (SSSR count). The summed E-state index contributed by atoms with van der Waals surface area (Å²) in [4.78, 5) is 25.7. The molecular weight excluding hydrogens is 462 g/mol. The van der Waals surface area contributed by atoms with E-state index in [1.54, 1.807) is 48.5 Å². The van der Waals surface area contributed by atoms with Crippen LogP contribution in [0.25, 0.3) is 0 Å². The zero-order valence-electron chi connectivity index (χ0n) is 20.5. The van der Waals surface area contributed by atoms with Crippen LogP contribution in [0.4, 0.5) is 11.4 Å². The van der Waals surface area contributed by atoms with Gasteiger partial charge in [-0.3, -0.25) is 13.9 Å². The van der Waals surface area contributed by atoms with Crippen LogP contribution in [0.15, 0.2) is 71.6 Å². The first kappa shape index (κ1) is 26.0. The van der Waals surface area contributed by atoms with Crippen LogP contribution < -0.4 is 14.9 Å². The van der Waals surface area contributed by atoms with Crippen molar-refractivity contribution in [2.45, 2.75) is 39.0 Å². The molecule has 8 heteroatoms. The van der Waals surface area contributed by atoms with Gasteiger partial charge in [-0.15, -0.1) is 0 Å². The minimum absolute atomic E-state index is 0.0912. The molecule has 0 radical (unpaired) electrons. The second-order valence-corrected chi connectivity index (χ2v) is 10.3. The predicted octanol–water partition coefficient (Wildman–Crippen LogP) is 4.59. The summed E-state index contributed by atoms with van der Waals surface area (Å²) in [7, 11) is -4.03. The summed E-state index contributed by atoms with van der Waals surface area (Å²) in [6.45, 7) is 7.70. The summed E-state index contributed by atoms with van der Waals surface area (Å²) in [6, 6.07) is 18.4. The lowest BCUT2D eigenvalue weighted by atomic mass is 10.1. The van der Waals surface area contributed by atoms with Crippen LogP contribution >= 0.6 is 0 Å². The zero-order chi connectivity index (χ0) is 25.6. The number of carbonyl (C=O) groups is 2. The summed E-state index contributed by atoms with van der Waals surface area (Å²) >= 11 is 0. The van der Waals surface area contributed by atoms with Crippen molar-refractivity contribution >= 4 is 33.2 Å². The molecular formula is C27H31N3O4S. The van der Waals surface area contributed by atoms with Crippen molar-refractivity contribution < 1.29 is 18.0 Å². The van der Waals surface area contributed by atoms with Crippen LogP contribution in [0.3, 0.4) is 0 Å². The van der Waals surface area contributed by atoms with E-state index in [1.165, 1.54) is 12.1 Å². The Balaban J connectivity index is 1.94. The van der Waals surface area contributed by atoms with E-state index in [-0.39, 0.29) is 10.8 Å². The van der Waals surface area contributed by atoms with Crippen molar-refractivity contribution in [3.63, 3.8) is 0 Å². The number of hydrogen-bond donors (Lipinski definition) is 2. The smallest absolute Gasteiger partial charge is 0.264 e. The number of carbonyl (C=O) groups excluding carboxylic acids is 2. The largest absolute Gasteiger partial charge is 0.352 e. The van der Waals surface area contributed by atoms with Crippen molar-refractivity contribution in [3.05, 3.63) is 89.0 Å². The van der Waals surface area contributed by atoms with Gasteiger partial charge in [0.15, 0.2) is 0 Å². The SMILES string of the molecule is CCCNC(=O)c1ccccc1NC(=O)CN(c1ccc(C)c(C)c1)S(=O)(=O)c1ccc(C)cc1. The van der Waals surface area contributed by atoms with E-state index in [4.69, 9.17) is 0 Å². The number of aryl methyl sites for hydroxylation is 3. The monoisotopic (exact) mass is 493 g/mol. The Morgan fingerprint density at radius 3 is 2.23 bits per heavy atom. The molecule has 3 aromatic rings. The first-order chi connectivity index (χ1) is 16.6. The fourth-order valence-electron chi connectivity index (χ4n) is 3.48. The van der Waals surface area contributed by atoms with Gasteiger partial charge in [-0.1, -0.05) is 42.8 Å². The lowest BCUT2D eigenvalue weighted by molar-refractivity contribution is -0.114. The van der Waals surface area contributed by atoms with Gasteiger partial charge in [-0.05, 0) is 74.7 Å². The van der Waals surface area contributed by atoms with Crippen molar-refractivity contribution in [2.24, 2.45) is 0 Å². The summed E-state index contributed by atoms with van der Waals surface area (Å²) in [5.74, 6) is -0.865. The minimum atomic E-state index is -4.03. The normalized spacial score (nSPS) is 11.1. The molecule has 0 unspecified atom stereocenters. The fraction of sp³-hybridized carbons (Fsp3) is 0.259. The summed E-state index contributed by atoms with van der Waals surface area (Å²) in [5.41, 5.74) is 3.87. The van der Waals surface area contributed by atoms with E-state index < -0.39 is 22.5 Å². The number of nitrogens with zero attached hydrogens (tertiary/aromatic N) is 1. The number of sulfonamides is 1. The number of benzene rings is 3. The molecule has 3 aromatic carbocycles. The Morgan fingerprint density at radius 2 is 1.57 bits per heavy atom. The molecule has 0 fully saturated rings. The Labute approximate surface area is 207 Å². The minimum Gasteiger partial charge on any atom is -0.352 e. The van der Waals surface area contributed by atoms with E-state index in [2.05, 4.69) is 10.6 Å². The maximum atomic E-state index is 13.6. The van der Waals surface area contributed by atoms with Gasteiger partial charge in [0.1, 0.15) is 6.54 Å². The molecule has 184 valence electrons. The fourth-order valence-corrected chi connectivity index (χ4v) is 4.89. The van der Waals surface area contributed by atoms with E-state index in [1.807, 2.05) is 33.8 Å². The van der Waals surface area contributed by atoms with Crippen LogP contribution in [0.1, 0.15) is 40.4 Å². The Morgan fingerprint density at radius 1 is 0.886 bits per heavy atom. The van der Waals surface area contributed by atoms with Crippen molar-refractivity contribution in [1.29, 1.82) is 0 Å². The number of para-hydroxylation sites is 1. The third kappa shape index (κ3) is 6.27. The highest BCUT2D eigenvalue weighted by molar-refractivity contribution is 7.92. The first-order valence-electron chi connectivity index (χ1n) is 11.5. The quantitative estimate of drug-likeness (QED) is 0.456. The zero-order valence-corrected chi connectivity index (χ0v) is 21.3. The maximum absolute atomic E-state index is 13.6. The molecule has 35 heavy (non-hydrogen) atoms. The highest BCUT2D eigenvalue weighted by Gasteiger charge is 2.28. The van der Waals surface area contributed by atoms with E-state index >= 15 is 0 Å². The molecule has 0 bridgehead atoms. The number of rotatable bonds is 9. The topological polar surface area (TPSA) is 95.6 Å². The molecule has 0 spiro atoms. The molecule has 0 atom stereocenters. The third-order valence-electron chi connectivity index (χ3n) is 5.66. The standard InChI is InChI=1S/C27H31N3O4S/c1-5-16-28-27(32)24-8-6-7-9-25(24)29-26(31)18-30(22-13-12-20(3)21(4)17-22)35(33,34)23-14-10-19(2)11-15-23/h6-15,17H,5,16,18H2,1-4H3,(H,28,32)(H,29,31). The van der Waals surface area contributed by atoms with E-state index in [0.717, 1.165) is 27.4 Å². The summed E-state index contributed by atoms with van der Waals surface area (Å²) in [5, 5.41) is 5.52. The van der Waals surface area contributed by atoms with E-state index in [0.29, 0.717) is 23.5 Å². The molecule has 0 aliphatic heterocycles. The first-order valence-corrected chi connectivity index (χ1v) is 12.9. The average molecular weight is 494 g/mol. The molecule has 0 saturated carbocycles. The van der Waals surface area contributed by atoms with Crippen LogP contribution in [0, 0.1) is 20.8 Å². The highest BCUT2D eigenvalue weighted by Crippen LogP contribution is 2.26. The van der Waals surface area contributed by atoms with Gasteiger partial charge in [0.25, 0.3) is 15.9 Å². The van der Waals surface area contributed by atoms with Gasteiger partial charge < -0.3 is 10.6 Å². The van der Waals surface area contributed by atoms with E-state index in [9.17, 15) is 18.0 Å². The van der Waals surface area contributed by atoms with Crippen molar-refractivity contribution in [1.82, 2.24) is 5.32 Å². The molecule has 0 aromatic heterocycles. The molecule has 7 nitrogen and oxygen atoms in total. The van der Waals surface area contributed by atoms with Crippen molar-refractivity contribution in [2.75, 3.05) is 22.7 Å². The van der Waals surface area contributed by atoms with Crippen molar-refractivity contribution in [3.8, 4) is 0 Å². The second-order valence-electron chi connectivity index (χ2n) is 8.44. The number of amides is 2. The Bertz CT molecular complexity index is 1320. The third-order valence-corrected chi connectivity index (χ3v) is 7.44. The van der Waals surface area contributed by atoms with Gasteiger partial charge in [-0.25, -0.2) is 8.42 Å². The maximum Gasteiger partial charge on any atom is 0.264 e. The van der Waals surface area contributed by atoms with Gasteiger partial charge >= 0.3 is 0 Å². The summed E-state index contributed by atoms with van der Waals surface area (Å²) in [6.07, 6.45) is 0.780. The number of anilines is 2. The highest BCUT2D eigenvalue weighted by atomic mass is 32.2. The summed E-state index contributed by atoms with van der Waals surface area (Å²) < 4.78 is 28.3. The van der Waals surface area contributed by atoms with Crippen LogP contribution in [-0.2, 0) is 14.8 Å². The molecule has 2 amide bonds. The lowest BCUT2D eigenvalue weighted by Gasteiger charge is -2.25. The lowest BCUT2D eigenvalue weighted by Crippen LogP contribution is -2.38. The molecule has 0 saturated heterocycles. The van der Waals surface area contributed by atoms with Gasteiger partial charge in [0.05, 0.1) is 21.8 Å². The molecule has 0 aliphatic carbocycles. The van der Waals surface area contributed by atoms with Gasteiger partial charge in [0.2, 0.25) is 5.91 Å². The van der Waals surface area contributed by atoms with Crippen LogP contribution in [-0.4, -0.2) is 33.3 Å². The number of nitrogens with one attached hydrogen (secondary N) is 2. The van der Waals surface area contributed by atoms with Gasteiger partial charge in [0, 0.05) is 6.54 Å².